The number of nitrogens with zero attached hydrogens (tertiary/aromatic N) is 2. The van der Waals surface area contributed by atoms with E-state index in [0.29, 0.717) is 38.1 Å². The number of nitrogens with one attached hydrogen (secondary N) is 2. The number of piperidine rings is 1. The minimum Gasteiger partial charge on any atom is -0.459 e. The van der Waals surface area contributed by atoms with E-state index < -0.39 is 11.6 Å². The fourth-order valence-corrected chi connectivity index (χ4v) is 5.15. The lowest BCUT2D eigenvalue weighted by atomic mass is 9.76. The lowest BCUT2D eigenvalue weighted by Crippen LogP contribution is -2.50. The van der Waals surface area contributed by atoms with Crippen LogP contribution in [0.25, 0.3) is 0 Å². The van der Waals surface area contributed by atoms with Gasteiger partial charge in [-0.25, -0.2) is 4.79 Å². The van der Waals surface area contributed by atoms with Crippen LogP contribution in [0.5, 0.6) is 0 Å². The van der Waals surface area contributed by atoms with Crippen LogP contribution in [-0.4, -0.2) is 59.2 Å². The molecule has 1 aliphatic carbocycles. The Morgan fingerprint density at radius 1 is 1.12 bits per heavy atom. The van der Waals surface area contributed by atoms with Gasteiger partial charge in [0.2, 0.25) is 5.91 Å². The van der Waals surface area contributed by atoms with Crippen LogP contribution < -0.4 is 10.6 Å². The largest absolute Gasteiger partial charge is 0.459 e. The van der Waals surface area contributed by atoms with Gasteiger partial charge in [0.25, 0.3) is 11.8 Å². The van der Waals surface area contributed by atoms with E-state index in [9.17, 15) is 19.2 Å². The lowest BCUT2D eigenvalue weighted by Gasteiger charge is -2.33. The second-order valence-corrected chi connectivity index (χ2v) is 8.85. The van der Waals surface area contributed by atoms with Crippen LogP contribution in [0.2, 0.25) is 0 Å². The van der Waals surface area contributed by atoms with Gasteiger partial charge in [-0.2, -0.15) is 0 Å². The van der Waals surface area contributed by atoms with E-state index >= 15 is 0 Å². The summed E-state index contributed by atoms with van der Waals surface area (Å²) < 4.78 is 5.17. The Morgan fingerprint density at radius 2 is 1.91 bits per heavy atom. The zero-order valence-corrected chi connectivity index (χ0v) is 18.2. The number of fused-ring (bicyclic) bond motifs is 2. The molecule has 2 N–H and O–H groups in total. The summed E-state index contributed by atoms with van der Waals surface area (Å²) >= 11 is 0. The Balaban J connectivity index is 1.19. The van der Waals surface area contributed by atoms with Crippen molar-refractivity contribution in [3.63, 3.8) is 0 Å². The van der Waals surface area contributed by atoms with Crippen LogP contribution in [0.1, 0.15) is 47.4 Å². The molecule has 5 rings (SSSR count). The number of hydrogen-bond donors (Lipinski definition) is 2. The van der Waals surface area contributed by atoms with Gasteiger partial charge in [0.1, 0.15) is 12.1 Å². The fraction of sp³-hybridized carbons (Fsp3) is 0.417. The summed E-state index contributed by atoms with van der Waals surface area (Å²) in [5.41, 5.74) is 0.801. The summed E-state index contributed by atoms with van der Waals surface area (Å²) in [6.45, 7) is 0.668. The van der Waals surface area contributed by atoms with E-state index in [1.54, 1.807) is 17.0 Å². The summed E-state index contributed by atoms with van der Waals surface area (Å²) in [5, 5.41) is 5.79. The molecule has 1 aromatic heterocycles. The van der Waals surface area contributed by atoms with Crippen LogP contribution in [0.4, 0.5) is 4.79 Å². The number of amides is 5. The molecule has 0 saturated carbocycles. The van der Waals surface area contributed by atoms with Crippen molar-refractivity contribution in [2.24, 2.45) is 0 Å². The van der Waals surface area contributed by atoms with E-state index in [4.69, 9.17) is 4.42 Å². The monoisotopic (exact) mass is 450 g/mol. The van der Waals surface area contributed by atoms with Gasteiger partial charge in [0, 0.05) is 19.1 Å². The fourth-order valence-electron chi connectivity index (χ4n) is 5.15. The van der Waals surface area contributed by atoms with E-state index in [0.717, 1.165) is 28.9 Å². The molecule has 2 aromatic rings. The first-order chi connectivity index (χ1) is 16.0. The van der Waals surface area contributed by atoms with Crippen molar-refractivity contribution in [1.29, 1.82) is 0 Å². The zero-order chi connectivity index (χ0) is 23.0. The lowest BCUT2D eigenvalue weighted by molar-refractivity contribution is -0.136. The minimum absolute atomic E-state index is 0.122. The molecule has 1 aromatic carbocycles. The summed E-state index contributed by atoms with van der Waals surface area (Å²) in [6, 6.07) is 10.3. The maximum Gasteiger partial charge on any atom is 0.325 e. The van der Waals surface area contributed by atoms with Crippen molar-refractivity contribution in [3.8, 4) is 0 Å². The molecular weight excluding hydrogens is 424 g/mol. The van der Waals surface area contributed by atoms with Gasteiger partial charge in [0.15, 0.2) is 5.76 Å². The number of imide groups is 1. The predicted octanol–water partition coefficient (Wildman–Crippen LogP) is 1.78. The van der Waals surface area contributed by atoms with Crippen LogP contribution in [0.3, 0.4) is 0 Å². The van der Waals surface area contributed by atoms with E-state index in [1.165, 1.54) is 6.26 Å². The highest BCUT2D eigenvalue weighted by molar-refractivity contribution is 6.09. The number of carbonyl (C=O) groups is 4. The normalized spacial score (nSPS) is 22.9. The van der Waals surface area contributed by atoms with Gasteiger partial charge >= 0.3 is 6.03 Å². The summed E-state index contributed by atoms with van der Waals surface area (Å²) in [4.78, 5) is 53.8. The second-order valence-electron chi connectivity index (χ2n) is 8.85. The zero-order valence-electron chi connectivity index (χ0n) is 18.2. The Labute approximate surface area is 191 Å². The van der Waals surface area contributed by atoms with Crippen molar-refractivity contribution < 1.29 is 23.6 Å². The first-order valence-electron chi connectivity index (χ1n) is 11.3. The maximum atomic E-state index is 13.3. The Kier molecular flexibility index (Phi) is 5.39. The molecule has 1 atom stereocenters. The molecule has 3 aliphatic rings. The highest BCUT2D eigenvalue weighted by atomic mass is 16.3. The number of benzene rings is 1. The molecule has 2 saturated heterocycles. The maximum absolute atomic E-state index is 13.3. The number of urea groups is 1. The van der Waals surface area contributed by atoms with E-state index in [-0.39, 0.29) is 30.3 Å². The molecule has 9 nitrogen and oxygen atoms in total. The molecule has 3 heterocycles. The van der Waals surface area contributed by atoms with Gasteiger partial charge in [-0.3, -0.25) is 19.3 Å². The van der Waals surface area contributed by atoms with Crippen molar-refractivity contribution in [3.05, 3.63) is 59.5 Å². The van der Waals surface area contributed by atoms with Gasteiger partial charge in [-0.05, 0) is 55.4 Å². The minimum atomic E-state index is -1.08. The number of carbonyl (C=O) groups excluding carboxylic acids is 4. The van der Waals surface area contributed by atoms with Crippen LogP contribution in [0.15, 0.2) is 47.1 Å². The Hall–Kier alpha value is -3.62. The molecule has 5 amide bonds. The SMILES string of the molecule is O=C(CN1C(=O)NC2(CCCc3ccccc32)C1=O)NC1CCN(C(=O)c2ccco2)CC1. The molecule has 0 bridgehead atoms. The highest BCUT2D eigenvalue weighted by Gasteiger charge is 2.54. The quantitative estimate of drug-likeness (QED) is 0.690. The van der Waals surface area contributed by atoms with Gasteiger partial charge in [-0.1, -0.05) is 24.3 Å². The summed E-state index contributed by atoms with van der Waals surface area (Å²) in [7, 11) is 0. The summed E-state index contributed by atoms with van der Waals surface area (Å²) in [6.07, 6.45) is 4.83. The molecule has 33 heavy (non-hydrogen) atoms. The Bertz CT molecular complexity index is 1090. The number of furan rings is 1. The number of hydrogen-bond acceptors (Lipinski definition) is 5. The van der Waals surface area contributed by atoms with E-state index in [2.05, 4.69) is 10.6 Å². The number of aryl methyl sites for hydroxylation is 1. The second kappa shape index (κ2) is 8.38. The van der Waals surface area contributed by atoms with Gasteiger partial charge < -0.3 is 20.0 Å². The van der Waals surface area contributed by atoms with E-state index in [1.807, 2.05) is 24.3 Å². The highest BCUT2D eigenvalue weighted by Crippen LogP contribution is 2.39. The van der Waals surface area contributed by atoms with Crippen molar-refractivity contribution in [1.82, 2.24) is 20.4 Å². The Morgan fingerprint density at radius 3 is 2.67 bits per heavy atom. The van der Waals surface area contributed by atoms with Crippen molar-refractivity contribution in [2.45, 2.75) is 43.7 Å². The number of likely N-dealkylation sites (tertiary alicyclic amines) is 1. The molecule has 1 spiro atoms. The molecule has 2 aliphatic heterocycles. The average molecular weight is 450 g/mol. The first-order valence-corrected chi connectivity index (χ1v) is 11.3. The molecule has 1 unspecified atom stereocenters. The standard InChI is InChI=1S/C24H26N4O5/c29-20(25-17-9-12-27(13-10-17)21(30)19-8-4-14-33-19)15-28-22(31)24(26-23(28)32)11-3-6-16-5-1-2-7-18(16)24/h1-2,4-5,7-8,14,17H,3,6,9-13,15H2,(H,25,29)(H,26,32). The topological polar surface area (TPSA) is 112 Å². The van der Waals surface area contributed by atoms with Crippen LogP contribution in [-0.2, 0) is 21.5 Å². The molecule has 9 heteroatoms. The average Bonchev–Trinajstić information content (AvgIpc) is 3.44. The molecule has 172 valence electrons. The van der Waals surface area contributed by atoms with Crippen molar-refractivity contribution in [2.75, 3.05) is 19.6 Å². The first kappa shape index (κ1) is 21.2. The third-order valence-electron chi connectivity index (χ3n) is 6.83. The van der Waals surface area contributed by atoms with Crippen LogP contribution in [0, 0.1) is 0 Å². The predicted molar refractivity (Wildman–Crippen MR) is 117 cm³/mol. The molecule has 2 fully saturated rings. The van der Waals surface area contributed by atoms with Gasteiger partial charge in [-0.15, -0.1) is 0 Å². The third-order valence-corrected chi connectivity index (χ3v) is 6.83. The van der Waals surface area contributed by atoms with Gasteiger partial charge in [0.05, 0.1) is 6.26 Å². The molecule has 0 radical (unpaired) electrons. The third kappa shape index (κ3) is 3.77. The van der Waals surface area contributed by atoms with Crippen molar-refractivity contribution >= 4 is 23.8 Å². The smallest absolute Gasteiger partial charge is 0.325 e. The number of rotatable bonds is 4. The van der Waals surface area contributed by atoms with Crippen LogP contribution >= 0.6 is 0 Å². The summed E-state index contributed by atoms with van der Waals surface area (Å²) in [5.74, 6) is -0.611. The molecular formula is C24H26N4O5.